The number of thioether (sulfide) groups is 1. The number of nitrogens with one attached hydrogen (secondary N) is 2. The Kier molecular flexibility index (Phi) is 9.67. The number of anilines is 1. The molecule has 1 amide bonds. The molecule has 0 aromatic heterocycles. The fraction of sp³-hybridized carbons (Fsp3) is 0.333. The quantitative estimate of drug-likeness (QED) is 0.377. The highest BCUT2D eigenvalue weighted by Crippen LogP contribution is 2.44. The van der Waals surface area contributed by atoms with E-state index < -0.39 is 5.92 Å². The van der Waals surface area contributed by atoms with Gasteiger partial charge in [-0.05, 0) is 43.8 Å². The zero-order chi connectivity index (χ0) is 25.4. The van der Waals surface area contributed by atoms with Gasteiger partial charge in [0.05, 0.1) is 30.3 Å². The van der Waals surface area contributed by atoms with E-state index in [0.717, 1.165) is 36.0 Å². The Hall–Kier alpha value is -2.92. The maximum Gasteiger partial charge on any atom is 0.253 e. The highest BCUT2D eigenvalue weighted by Gasteiger charge is 2.36. The van der Waals surface area contributed by atoms with Crippen LogP contribution in [-0.4, -0.2) is 43.3 Å². The zero-order valence-electron chi connectivity index (χ0n) is 20.5. The maximum absolute atomic E-state index is 13.6. The Balaban J connectivity index is 2.01. The summed E-state index contributed by atoms with van der Waals surface area (Å²) in [5.74, 6) is 0.491. The topological polar surface area (TPSA) is 58.0 Å². The van der Waals surface area contributed by atoms with Crippen LogP contribution in [0.5, 0.6) is 5.75 Å². The lowest BCUT2D eigenvalue weighted by Gasteiger charge is -2.30. The summed E-state index contributed by atoms with van der Waals surface area (Å²) >= 11 is 8.21. The summed E-state index contributed by atoms with van der Waals surface area (Å²) in [6, 6.07) is 14.6. The highest BCUT2D eigenvalue weighted by atomic mass is 35.5. The second-order valence-corrected chi connectivity index (χ2v) is 9.49. The lowest BCUT2D eigenvalue weighted by Crippen LogP contribution is -2.31. The molecule has 2 aromatic carbocycles. The molecule has 0 aliphatic carbocycles. The lowest BCUT2D eigenvalue weighted by molar-refractivity contribution is -0.113. The van der Waals surface area contributed by atoms with Crippen molar-refractivity contribution in [2.45, 2.75) is 26.7 Å². The monoisotopic (exact) mass is 510 g/mol. The van der Waals surface area contributed by atoms with Gasteiger partial charge in [-0.15, -0.1) is 11.8 Å². The number of hydrogen-bond donors (Lipinski definition) is 2. The predicted molar refractivity (Wildman–Crippen MR) is 146 cm³/mol. The van der Waals surface area contributed by atoms with E-state index >= 15 is 0 Å². The lowest BCUT2D eigenvalue weighted by atomic mass is 9.85. The number of amides is 1. The summed E-state index contributed by atoms with van der Waals surface area (Å²) in [4.78, 5) is 19.9. The van der Waals surface area contributed by atoms with Crippen molar-refractivity contribution in [2.75, 3.05) is 37.8 Å². The van der Waals surface area contributed by atoms with Gasteiger partial charge in [-0.3, -0.25) is 4.79 Å². The number of carbonyl (C=O) groups excluding carboxylic acids is 1. The van der Waals surface area contributed by atoms with Crippen molar-refractivity contribution in [3.05, 3.63) is 92.5 Å². The van der Waals surface area contributed by atoms with Gasteiger partial charge in [0.1, 0.15) is 5.75 Å². The van der Waals surface area contributed by atoms with Crippen molar-refractivity contribution in [1.82, 2.24) is 10.2 Å². The zero-order valence-corrected chi connectivity index (χ0v) is 22.1. The molecule has 1 atom stereocenters. The van der Waals surface area contributed by atoms with Gasteiger partial charge in [0, 0.05) is 28.6 Å². The molecule has 2 aromatic rings. The molecule has 2 N–H and O–H groups in total. The molecular formula is C27H31ClN4O2S. The van der Waals surface area contributed by atoms with Gasteiger partial charge in [-0.25, -0.2) is 4.85 Å². The van der Waals surface area contributed by atoms with Gasteiger partial charge in [0.2, 0.25) is 5.70 Å². The number of ether oxygens (including phenoxy) is 1. The number of carbonyl (C=O) groups is 1. The average molecular weight is 511 g/mol. The summed E-state index contributed by atoms with van der Waals surface area (Å²) in [6.07, 6.45) is 0. The third-order valence-corrected chi connectivity index (χ3v) is 7.32. The molecule has 1 heterocycles. The number of dihydropyridines is 1. The van der Waals surface area contributed by atoms with Crippen LogP contribution in [0.1, 0.15) is 32.3 Å². The molecule has 0 radical (unpaired) electrons. The van der Waals surface area contributed by atoms with Crippen molar-refractivity contribution in [2.24, 2.45) is 0 Å². The van der Waals surface area contributed by atoms with Crippen molar-refractivity contribution < 1.29 is 9.53 Å². The molecule has 3 rings (SSSR count). The van der Waals surface area contributed by atoms with E-state index in [4.69, 9.17) is 22.9 Å². The minimum atomic E-state index is -0.590. The van der Waals surface area contributed by atoms with Crippen LogP contribution < -0.4 is 15.4 Å². The molecule has 0 bridgehead atoms. The summed E-state index contributed by atoms with van der Waals surface area (Å²) in [6.45, 7) is 17.1. The minimum Gasteiger partial charge on any atom is -0.495 e. The Labute approximate surface area is 217 Å². The normalized spacial score (nSPS) is 15.6. The molecule has 1 unspecified atom stereocenters. The number of rotatable bonds is 10. The number of hydrogen-bond acceptors (Lipinski definition) is 5. The first-order chi connectivity index (χ1) is 16.9. The van der Waals surface area contributed by atoms with Crippen molar-refractivity contribution in [1.29, 1.82) is 0 Å². The third kappa shape index (κ3) is 6.21. The van der Waals surface area contributed by atoms with Crippen molar-refractivity contribution in [3.8, 4) is 5.75 Å². The first-order valence-corrected chi connectivity index (χ1v) is 12.9. The molecule has 8 heteroatoms. The molecule has 184 valence electrons. The minimum absolute atomic E-state index is 0.308. The van der Waals surface area contributed by atoms with Gasteiger partial charge >= 0.3 is 0 Å². The molecule has 6 nitrogen and oxygen atoms in total. The van der Waals surface area contributed by atoms with Crippen LogP contribution >= 0.6 is 23.4 Å². The number of benzene rings is 2. The molecule has 35 heavy (non-hydrogen) atoms. The van der Waals surface area contributed by atoms with Gasteiger partial charge in [0.25, 0.3) is 5.91 Å². The molecule has 0 saturated carbocycles. The van der Waals surface area contributed by atoms with Crippen LogP contribution in [0.25, 0.3) is 4.85 Å². The number of halogens is 1. The Morgan fingerprint density at radius 1 is 1.20 bits per heavy atom. The standard InChI is InChI=1S/C27H31ClN4O2S/c1-6-32(7-2)16-17-35-27-25(29-4)24(19-12-8-9-13-20(19)28)23(18(3)30-27)26(33)31-21-14-10-11-15-22(21)34-5/h8-15,24,30H,6-7,16-17H2,1-3,5H3,(H,31,33). The summed E-state index contributed by atoms with van der Waals surface area (Å²) < 4.78 is 5.40. The van der Waals surface area contributed by atoms with Gasteiger partial charge in [-0.1, -0.05) is 55.8 Å². The molecule has 0 spiro atoms. The van der Waals surface area contributed by atoms with E-state index in [1.54, 1.807) is 37.1 Å². The number of nitrogens with zero attached hydrogens (tertiary/aromatic N) is 2. The molecule has 1 aliphatic heterocycles. The van der Waals surface area contributed by atoms with Crippen LogP contribution in [0.2, 0.25) is 5.02 Å². The van der Waals surface area contributed by atoms with E-state index in [-0.39, 0.29) is 5.91 Å². The third-order valence-electron chi connectivity index (χ3n) is 5.98. The van der Waals surface area contributed by atoms with E-state index in [1.165, 1.54) is 0 Å². The average Bonchev–Trinajstić information content (AvgIpc) is 2.86. The number of allylic oxidation sites excluding steroid dienone is 2. The van der Waals surface area contributed by atoms with Crippen LogP contribution in [0, 0.1) is 6.57 Å². The maximum atomic E-state index is 13.6. The Morgan fingerprint density at radius 3 is 2.54 bits per heavy atom. The van der Waals surface area contributed by atoms with Gasteiger partial charge < -0.3 is 20.3 Å². The molecule has 1 aliphatic rings. The van der Waals surface area contributed by atoms with Crippen LogP contribution in [0.4, 0.5) is 5.69 Å². The largest absolute Gasteiger partial charge is 0.495 e. The van der Waals surface area contributed by atoms with E-state index in [9.17, 15) is 4.79 Å². The molecular weight excluding hydrogens is 480 g/mol. The summed E-state index contributed by atoms with van der Waals surface area (Å²) in [7, 11) is 1.56. The first kappa shape index (κ1) is 26.7. The fourth-order valence-electron chi connectivity index (χ4n) is 4.08. The second-order valence-electron chi connectivity index (χ2n) is 7.97. The van der Waals surface area contributed by atoms with Crippen LogP contribution in [0.15, 0.2) is 70.5 Å². The first-order valence-electron chi connectivity index (χ1n) is 11.6. The smallest absolute Gasteiger partial charge is 0.253 e. The van der Waals surface area contributed by atoms with E-state index in [2.05, 4.69) is 34.2 Å². The van der Waals surface area contributed by atoms with Gasteiger partial charge in [-0.2, -0.15) is 0 Å². The Bertz CT molecular complexity index is 1170. The number of methoxy groups -OCH3 is 1. The number of para-hydroxylation sites is 2. The molecule has 0 fully saturated rings. The van der Waals surface area contributed by atoms with Crippen LogP contribution in [0.3, 0.4) is 0 Å². The van der Waals surface area contributed by atoms with Crippen molar-refractivity contribution >= 4 is 35.0 Å². The highest BCUT2D eigenvalue weighted by molar-refractivity contribution is 8.03. The second kappa shape index (κ2) is 12.7. The van der Waals surface area contributed by atoms with Crippen LogP contribution in [-0.2, 0) is 4.79 Å². The molecule has 0 saturated heterocycles. The summed E-state index contributed by atoms with van der Waals surface area (Å²) in [5.41, 5.74) is 2.92. The Morgan fingerprint density at radius 2 is 1.89 bits per heavy atom. The summed E-state index contributed by atoms with van der Waals surface area (Å²) in [5, 5.41) is 7.60. The SMILES string of the molecule is [C-]#[N+]C1=C(SCCN(CC)CC)NC(C)=C(C(=O)Nc2ccccc2OC)C1c1ccccc1Cl. The van der Waals surface area contributed by atoms with E-state index in [0.29, 0.717) is 33.4 Å². The predicted octanol–water partition coefficient (Wildman–Crippen LogP) is 6.11. The fourth-order valence-corrected chi connectivity index (χ4v) is 5.41. The van der Waals surface area contributed by atoms with Gasteiger partial charge in [0.15, 0.2) is 0 Å². The van der Waals surface area contributed by atoms with Crippen molar-refractivity contribution in [3.63, 3.8) is 0 Å². The van der Waals surface area contributed by atoms with E-state index in [1.807, 2.05) is 37.3 Å².